The van der Waals surface area contributed by atoms with E-state index in [4.69, 9.17) is 11.6 Å². The fourth-order valence-electron chi connectivity index (χ4n) is 5.91. The first kappa shape index (κ1) is 18.6. The van der Waals surface area contributed by atoms with Gasteiger partial charge in [0.1, 0.15) is 0 Å². The summed E-state index contributed by atoms with van der Waals surface area (Å²) < 4.78 is 39.1. The minimum Gasteiger partial charge on any atom is -0.326 e. The van der Waals surface area contributed by atoms with E-state index in [1.807, 2.05) is 0 Å². The lowest BCUT2D eigenvalue weighted by Crippen LogP contribution is -2.53. The number of carbonyl (C=O) groups is 1. The van der Waals surface area contributed by atoms with Crippen molar-refractivity contribution in [2.45, 2.75) is 55.4 Å². The van der Waals surface area contributed by atoms with E-state index in [0.717, 1.165) is 25.3 Å². The number of hydrogen-bond acceptors (Lipinski definition) is 1. The molecule has 0 saturated heterocycles. The van der Waals surface area contributed by atoms with Crippen molar-refractivity contribution in [2.24, 2.45) is 17.3 Å². The van der Waals surface area contributed by atoms with Crippen molar-refractivity contribution in [3.05, 3.63) is 28.8 Å². The summed E-state index contributed by atoms with van der Waals surface area (Å²) in [5, 5.41) is 2.29. The number of amides is 1. The zero-order chi connectivity index (χ0) is 18.7. The highest BCUT2D eigenvalue weighted by atomic mass is 79.9. The van der Waals surface area contributed by atoms with Crippen LogP contribution in [0, 0.1) is 17.3 Å². The summed E-state index contributed by atoms with van der Waals surface area (Å²) in [5.74, 6) is 1.12. The molecule has 1 aromatic rings. The third-order valence-corrected chi connectivity index (χ3v) is 7.46. The zero-order valence-electron chi connectivity index (χ0n) is 14.1. The fourth-order valence-corrected chi connectivity index (χ4v) is 7.64. The van der Waals surface area contributed by atoms with Gasteiger partial charge in [-0.15, -0.1) is 0 Å². The second-order valence-corrected chi connectivity index (χ2v) is 10.6. The van der Waals surface area contributed by atoms with Crippen LogP contribution < -0.4 is 5.32 Å². The van der Waals surface area contributed by atoms with E-state index in [1.54, 1.807) is 0 Å². The first-order chi connectivity index (χ1) is 12.1. The van der Waals surface area contributed by atoms with Crippen LogP contribution in [0.3, 0.4) is 0 Å². The van der Waals surface area contributed by atoms with Gasteiger partial charge in [-0.05, 0) is 74.0 Å². The molecular formula is C19H20BrClF3NO. The van der Waals surface area contributed by atoms with Gasteiger partial charge in [0.15, 0.2) is 0 Å². The summed E-state index contributed by atoms with van der Waals surface area (Å²) in [6, 6.07) is 3.51. The van der Waals surface area contributed by atoms with Crippen LogP contribution in [0.15, 0.2) is 18.2 Å². The minimum atomic E-state index is -4.54. The van der Waals surface area contributed by atoms with Crippen molar-refractivity contribution in [3.8, 4) is 0 Å². The molecule has 1 aromatic carbocycles. The van der Waals surface area contributed by atoms with Crippen LogP contribution in [0.1, 0.15) is 50.5 Å². The van der Waals surface area contributed by atoms with E-state index in [0.29, 0.717) is 18.3 Å². The van der Waals surface area contributed by atoms with Crippen molar-refractivity contribution in [1.82, 2.24) is 0 Å². The maximum atomic E-state index is 13.0. The fraction of sp³-hybridized carbons (Fsp3) is 0.632. The number of halogens is 5. The Morgan fingerprint density at radius 2 is 1.88 bits per heavy atom. The summed E-state index contributed by atoms with van der Waals surface area (Å²) in [5.41, 5.74) is -0.798. The molecule has 0 heterocycles. The van der Waals surface area contributed by atoms with Crippen LogP contribution in [0.4, 0.5) is 18.9 Å². The van der Waals surface area contributed by atoms with Gasteiger partial charge >= 0.3 is 6.18 Å². The first-order valence-electron chi connectivity index (χ1n) is 8.91. The van der Waals surface area contributed by atoms with Gasteiger partial charge in [-0.3, -0.25) is 4.79 Å². The highest BCUT2D eigenvalue weighted by Crippen LogP contribution is 2.65. The predicted octanol–water partition coefficient (Wildman–Crippen LogP) is 6.42. The van der Waals surface area contributed by atoms with Gasteiger partial charge in [-0.2, -0.15) is 13.2 Å². The van der Waals surface area contributed by atoms with Crippen molar-refractivity contribution >= 4 is 39.1 Å². The molecule has 4 aliphatic rings. The Morgan fingerprint density at radius 3 is 2.46 bits per heavy atom. The molecule has 0 radical (unpaired) electrons. The lowest BCUT2D eigenvalue weighted by Gasteiger charge is -2.60. The largest absolute Gasteiger partial charge is 0.417 e. The molecule has 0 aliphatic heterocycles. The van der Waals surface area contributed by atoms with E-state index < -0.39 is 11.7 Å². The molecular weight excluding hydrogens is 431 g/mol. The molecule has 1 amide bonds. The Hall–Kier alpha value is -0.750. The predicted molar refractivity (Wildman–Crippen MR) is 98.5 cm³/mol. The maximum Gasteiger partial charge on any atom is 0.417 e. The first-order valence-corrected chi connectivity index (χ1v) is 10.1. The Labute approximate surface area is 164 Å². The number of alkyl halides is 4. The average molecular weight is 451 g/mol. The van der Waals surface area contributed by atoms with Gasteiger partial charge in [0, 0.05) is 16.4 Å². The number of anilines is 1. The SMILES string of the molecule is O=C(CC12C[C@H]3C[C@@H](CC(Br)(C3)C1)C2)Nc1ccc(Cl)c(C(F)(F)F)c1. The summed E-state index contributed by atoms with van der Waals surface area (Å²) in [6.45, 7) is 0. The van der Waals surface area contributed by atoms with E-state index in [9.17, 15) is 18.0 Å². The van der Waals surface area contributed by atoms with Crippen LogP contribution in [-0.4, -0.2) is 10.2 Å². The zero-order valence-corrected chi connectivity index (χ0v) is 16.5. The Bertz CT molecular complexity index is 737. The van der Waals surface area contributed by atoms with Gasteiger partial charge in [0.2, 0.25) is 5.91 Å². The number of nitrogens with one attached hydrogen (secondary N) is 1. The van der Waals surface area contributed by atoms with Crippen molar-refractivity contribution in [1.29, 1.82) is 0 Å². The average Bonchev–Trinajstić information content (AvgIpc) is 2.44. The Balaban J connectivity index is 1.48. The van der Waals surface area contributed by atoms with E-state index >= 15 is 0 Å². The molecule has 1 N–H and O–H groups in total. The number of benzene rings is 1. The van der Waals surface area contributed by atoms with Crippen LogP contribution in [0.25, 0.3) is 0 Å². The van der Waals surface area contributed by atoms with Crippen molar-refractivity contribution in [2.75, 3.05) is 5.32 Å². The topological polar surface area (TPSA) is 29.1 Å². The molecule has 4 bridgehead atoms. The molecule has 4 saturated carbocycles. The van der Waals surface area contributed by atoms with Gasteiger partial charge in [-0.1, -0.05) is 27.5 Å². The number of carbonyl (C=O) groups excluding carboxylic acids is 1. The van der Waals surface area contributed by atoms with Crippen LogP contribution >= 0.6 is 27.5 Å². The van der Waals surface area contributed by atoms with Crippen LogP contribution in [0.5, 0.6) is 0 Å². The summed E-state index contributed by atoms with van der Waals surface area (Å²) in [6.07, 6.45) is 2.53. The lowest BCUT2D eigenvalue weighted by molar-refractivity contribution is -0.137. The number of rotatable bonds is 3. The van der Waals surface area contributed by atoms with Crippen molar-refractivity contribution in [3.63, 3.8) is 0 Å². The summed E-state index contributed by atoms with van der Waals surface area (Å²) >= 11 is 9.56. The standard InChI is InChI=1S/C19H20BrClF3NO/c20-18-7-11-3-12(8-18)6-17(5-11,10-18)9-16(26)25-13-1-2-15(21)14(4-13)19(22,23)24/h1-2,4,11-12H,3,5-10H2,(H,25,26)/t11-,12-,17?,18?/m1/s1. The monoisotopic (exact) mass is 449 g/mol. The van der Waals surface area contributed by atoms with Crippen LogP contribution in [0.2, 0.25) is 5.02 Å². The molecule has 7 heteroatoms. The third-order valence-electron chi connectivity index (χ3n) is 6.20. The quantitative estimate of drug-likeness (QED) is 0.529. The van der Waals surface area contributed by atoms with E-state index in [1.165, 1.54) is 31.4 Å². The highest BCUT2D eigenvalue weighted by Gasteiger charge is 2.57. The van der Waals surface area contributed by atoms with Crippen LogP contribution in [-0.2, 0) is 11.0 Å². The Morgan fingerprint density at radius 1 is 1.23 bits per heavy atom. The van der Waals surface area contributed by atoms with E-state index in [-0.39, 0.29) is 26.4 Å². The number of hydrogen-bond donors (Lipinski definition) is 1. The molecule has 142 valence electrons. The lowest BCUT2D eigenvalue weighted by atomic mass is 9.48. The molecule has 0 unspecified atom stereocenters. The van der Waals surface area contributed by atoms with Gasteiger partial charge < -0.3 is 5.32 Å². The smallest absolute Gasteiger partial charge is 0.326 e. The van der Waals surface area contributed by atoms with E-state index in [2.05, 4.69) is 21.2 Å². The summed E-state index contributed by atoms with van der Waals surface area (Å²) in [7, 11) is 0. The molecule has 4 aliphatic carbocycles. The second-order valence-electron chi connectivity index (χ2n) is 8.53. The third kappa shape index (κ3) is 3.51. The Kier molecular flexibility index (Phi) is 4.39. The van der Waals surface area contributed by atoms with Gasteiger partial charge in [-0.25, -0.2) is 0 Å². The molecule has 2 nitrogen and oxygen atoms in total. The van der Waals surface area contributed by atoms with Crippen molar-refractivity contribution < 1.29 is 18.0 Å². The molecule has 4 fully saturated rings. The highest BCUT2D eigenvalue weighted by molar-refractivity contribution is 9.10. The van der Waals surface area contributed by atoms with Gasteiger partial charge in [0.05, 0.1) is 10.6 Å². The van der Waals surface area contributed by atoms with Gasteiger partial charge in [0.25, 0.3) is 0 Å². The minimum absolute atomic E-state index is 0.0169. The molecule has 2 atom stereocenters. The molecule has 26 heavy (non-hydrogen) atoms. The summed E-state index contributed by atoms with van der Waals surface area (Å²) in [4.78, 5) is 12.6. The normalized spacial score (nSPS) is 35.6. The molecule has 0 spiro atoms. The maximum absolute atomic E-state index is 13.0. The second kappa shape index (κ2) is 6.13. The molecule has 5 rings (SSSR count). The molecule has 0 aromatic heterocycles.